The Morgan fingerprint density at radius 1 is 0.681 bits per heavy atom. The molecule has 1 aliphatic rings. The molecular formula is C39H75NO6P+. The second-order valence-electron chi connectivity index (χ2n) is 13.4. The first-order valence-electron chi connectivity index (χ1n) is 19.9. The van der Waals surface area contributed by atoms with Gasteiger partial charge in [-0.3, -0.25) is 4.79 Å². The van der Waals surface area contributed by atoms with Gasteiger partial charge < -0.3 is 9.47 Å². The average Bonchev–Trinajstić information content (AvgIpc) is 3.51. The maximum atomic E-state index is 12.6. The number of carbonyl (C=O) groups excluding carboxylic acids is 1. The number of allylic oxidation sites excluding steroid dienone is 3. The molecule has 1 rings (SSSR count). The van der Waals surface area contributed by atoms with Crippen molar-refractivity contribution < 1.29 is 28.2 Å². The summed E-state index contributed by atoms with van der Waals surface area (Å²) in [6.07, 6.45) is 41.2. The third kappa shape index (κ3) is 29.6. The lowest BCUT2D eigenvalue weighted by atomic mass is 10.0. The molecule has 1 fully saturated rings. The third-order valence-corrected chi connectivity index (χ3v) is 10.4. The molecule has 0 aromatic rings. The lowest BCUT2D eigenvalue weighted by molar-refractivity contribution is -0.153. The lowest BCUT2D eigenvalue weighted by Gasteiger charge is -2.18. The highest BCUT2D eigenvalue weighted by molar-refractivity contribution is 7.58. The molecule has 0 aliphatic carbocycles. The van der Waals surface area contributed by atoms with Gasteiger partial charge in [0.2, 0.25) is 0 Å². The Balaban J connectivity index is 2.12. The number of unbranched alkanes of at least 4 members (excludes halogenated alkanes) is 23. The molecule has 1 heterocycles. The Bertz CT molecular complexity index is 743. The highest BCUT2D eigenvalue weighted by Gasteiger charge is 2.46. The van der Waals surface area contributed by atoms with Crippen LogP contribution in [0.1, 0.15) is 187 Å². The van der Waals surface area contributed by atoms with Crippen LogP contribution in [0.4, 0.5) is 0 Å². The molecule has 1 saturated heterocycles. The van der Waals surface area contributed by atoms with E-state index in [1.165, 1.54) is 141 Å². The van der Waals surface area contributed by atoms with E-state index in [9.17, 15) is 9.69 Å². The molecule has 0 saturated carbocycles. The van der Waals surface area contributed by atoms with E-state index >= 15 is 0 Å². The van der Waals surface area contributed by atoms with E-state index in [2.05, 4.69) is 31.1 Å². The summed E-state index contributed by atoms with van der Waals surface area (Å²) >= 11 is 0. The van der Waals surface area contributed by atoms with Gasteiger partial charge in [0.05, 0.1) is 12.8 Å². The van der Waals surface area contributed by atoms with Crippen LogP contribution in [0.25, 0.3) is 0 Å². The largest absolute Gasteiger partial charge is 0.499 e. The number of rotatable bonds is 35. The molecule has 0 spiro atoms. The number of carbonyl (C=O) groups is 1. The summed E-state index contributed by atoms with van der Waals surface area (Å²) in [5.41, 5.74) is 0. The zero-order valence-electron chi connectivity index (χ0n) is 30.7. The van der Waals surface area contributed by atoms with Gasteiger partial charge in [0.25, 0.3) is 0 Å². The Hall–Kier alpha value is -0.980. The van der Waals surface area contributed by atoms with E-state index in [4.69, 9.17) is 18.5 Å². The van der Waals surface area contributed by atoms with Crippen molar-refractivity contribution in [3.05, 3.63) is 24.5 Å². The Morgan fingerprint density at radius 3 is 1.64 bits per heavy atom. The lowest BCUT2D eigenvalue weighted by Crippen LogP contribution is -2.29. The summed E-state index contributed by atoms with van der Waals surface area (Å²) in [7, 11) is -3.07. The zero-order valence-corrected chi connectivity index (χ0v) is 31.6. The maximum Gasteiger partial charge on any atom is 0.499 e. The van der Waals surface area contributed by atoms with Crippen molar-refractivity contribution in [1.29, 1.82) is 0 Å². The number of esters is 1. The third-order valence-electron chi connectivity index (χ3n) is 8.76. The molecule has 1 aliphatic heterocycles. The Morgan fingerprint density at radius 2 is 1.15 bits per heavy atom. The first kappa shape index (κ1) is 44.0. The zero-order chi connectivity index (χ0) is 33.9. The summed E-state index contributed by atoms with van der Waals surface area (Å²) in [4.78, 5) is 23.0. The molecule has 0 aromatic heterocycles. The van der Waals surface area contributed by atoms with Crippen LogP contribution in [0.3, 0.4) is 0 Å². The summed E-state index contributed by atoms with van der Waals surface area (Å²) in [5, 5.41) is 2.87. The molecule has 0 bridgehead atoms. The SMILES string of the molecule is CCCCCCCC/C=C\CCCCCC/C=C\OCC(CO[P+]1(O)NCCO1)OC(=O)CCCCCCCCCCCCCCC. The van der Waals surface area contributed by atoms with Crippen molar-refractivity contribution in [2.75, 3.05) is 26.4 Å². The van der Waals surface area contributed by atoms with Gasteiger partial charge in [-0.15, -0.1) is 5.09 Å². The molecule has 47 heavy (non-hydrogen) atoms. The summed E-state index contributed by atoms with van der Waals surface area (Å²) in [6, 6.07) is 0. The average molecular weight is 685 g/mol. The van der Waals surface area contributed by atoms with E-state index in [1.54, 1.807) is 6.26 Å². The van der Waals surface area contributed by atoms with Gasteiger partial charge in [-0.05, 0) is 51.0 Å². The summed E-state index contributed by atoms with van der Waals surface area (Å²) in [5.74, 6) is -0.239. The fourth-order valence-electron chi connectivity index (χ4n) is 5.77. The van der Waals surface area contributed by atoms with Crippen molar-refractivity contribution >= 4 is 14.1 Å². The van der Waals surface area contributed by atoms with Gasteiger partial charge in [-0.2, -0.15) is 13.9 Å². The standard InChI is InChI=1S/C39H75NO6P/c1-3-5-7-9-11-13-15-17-18-19-21-23-25-27-29-31-34-43-36-38(37-45-47(42)40-33-35-44-47)46-39(41)32-30-28-26-24-22-20-16-14-12-10-8-6-4-2/h17-18,31,34,38,40,42H,3-16,19-30,32-33,35-37H2,1-2H3/q+1/b18-17-,34-31-. The first-order chi connectivity index (χ1) is 23.1. The van der Waals surface area contributed by atoms with Crippen molar-refractivity contribution in [1.82, 2.24) is 5.09 Å². The van der Waals surface area contributed by atoms with Gasteiger partial charge in [0.15, 0.2) is 6.10 Å². The minimum atomic E-state index is -3.07. The predicted octanol–water partition coefficient (Wildman–Crippen LogP) is 11.9. The summed E-state index contributed by atoms with van der Waals surface area (Å²) in [6.45, 7) is 5.70. The highest BCUT2D eigenvalue weighted by atomic mass is 31.2. The van der Waals surface area contributed by atoms with Crippen molar-refractivity contribution in [3.63, 3.8) is 0 Å². The monoisotopic (exact) mass is 685 g/mol. The van der Waals surface area contributed by atoms with E-state index in [0.29, 0.717) is 19.6 Å². The second-order valence-corrected chi connectivity index (χ2v) is 15.3. The summed E-state index contributed by atoms with van der Waals surface area (Å²) < 4.78 is 22.3. The molecular weight excluding hydrogens is 609 g/mol. The van der Waals surface area contributed by atoms with Crippen molar-refractivity contribution in [3.8, 4) is 0 Å². The molecule has 276 valence electrons. The van der Waals surface area contributed by atoms with Crippen LogP contribution in [-0.4, -0.2) is 43.3 Å². The topological polar surface area (TPSA) is 86.2 Å². The molecule has 0 radical (unpaired) electrons. The fraction of sp³-hybridized carbons (Fsp3) is 0.872. The van der Waals surface area contributed by atoms with Crippen LogP contribution in [0, 0.1) is 0 Å². The maximum absolute atomic E-state index is 12.6. The van der Waals surface area contributed by atoms with Crippen molar-refractivity contribution in [2.24, 2.45) is 0 Å². The smallest absolute Gasteiger partial charge is 0.498 e. The number of nitrogens with one attached hydrogen (secondary N) is 1. The van der Waals surface area contributed by atoms with Gasteiger partial charge in [0, 0.05) is 6.42 Å². The number of hydrogen-bond donors (Lipinski definition) is 2. The van der Waals surface area contributed by atoms with Crippen molar-refractivity contribution in [2.45, 2.75) is 193 Å². The molecule has 7 nitrogen and oxygen atoms in total. The first-order valence-corrected chi connectivity index (χ1v) is 21.4. The predicted molar refractivity (Wildman–Crippen MR) is 199 cm³/mol. The molecule has 8 heteroatoms. The van der Waals surface area contributed by atoms with Crippen LogP contribution in [0.5, 0.6) is 0 Å². The van der Waals surface area contributed by atoms with E-state index < -0.39 is 14.2 Å². The van der Waals surface area contributed by atoms with Crippen LogP contribution in [0.2, 0.25) is 0 Å². The molecule has 2 atom stereocenters. The van der Waals surface area contributed by atoms with Crippen LogP contribution in [-0.2, 0) is 23.3 Å². The minimum absolute atomic E-state index is 0.0306. The fourth-order valence-corrected chi connectivity index (χ4v) is 7.11. The van der Waals surface area contributed by atoms with E-state index in [-0.39, 0.29) is 19.2 Å². The van der Waals surface area contributed by atoms with Gasteiger partial charge in [-0.1, -0.05) is 148 Å². The Kier molecular flexibility index (Phi) is 31.4. The molecule has 0 aromatic carbocycles. The second kappa shape index (κ2) is 33.5. The van der Waals surface area contributed by atoms with Gasteiger partial charge >= 0.3 is 14.1 Å². The number of ether oxygens (including phenoxy) is 2. The molecule has 0 amide bonds. The van der Waals surface area contributed by atoms with Crippen LogP contribution < -0.4 is 5.09 Å². The normalized spacial score (nSPS) is 17.3. The van der Waals surface area contributed by atoms with Gasteiger partial charge in [0.1, 0.15) is 19.8 Å². The minimum Gasteiger partial charge on any atom is -0.498 e. The van der Waals surface area contributed by atoms with E-state index in [1.807, 2.05) is 6.08 Å². The van der Waals surface area contributed by atoms with Gasteiger partial charge in [-0.25, -0.2) is 0 Å². The number of hydrogen-bond acceptors (Lipinski definition) is 7. The molecule has 2 N–H and O–H groups in total. The molecule has 2 unspecified atom stereocenters. The highest BCUT2D eigenvalue weighted by Crippen LogP contribution is 2.55. The quantitative estimate of drug-likeness (QED) is 0.0226. The van der Waals surface area contributed by atoms with Crippen LogP contribution in [0.15, 0.2) is 24.5 Å². The van der Waals surface area contributed by atoms with E-state index in [0.717, 1.165) is 25.7 Å². The Labute approximate surface area is 291 Å². The van der Waals surface area contributed by atoms with Crippen LogP contribution >= 0.6 is 8.09 Å².